The summed E-state index contributed by atoms with van der Waals surface area (Å²) in [5.41, 5.74) is 0.832. The van der Waals surface area contributed by atoms with Crippen LogP contribution in [0.3, 0.4) is 0 Å². The van der Waals surface area contributed by atoms with Crippen molar-refractivity contribution in [2.75, 3.05) is 10.6 Å². The van der Waals surface area contributed by atoms with Crippen molar-refractivity contribution >= 4 is 40.7 Å². The number of nitrogens with one attached hydrogen (secondary N) is 3. The molecule has 3 N–H and O–H groups in total. The van der Waals surface area contributed by atoms with Gasteiger partial charge in [0.15, 0.2) is 12.1 Å². The minimum atomic E-state index is -0.652. The Morgan fingerprint density at radius 1 is 0.968 bits per heavy atom. The number of halogens is 2. The number of oxazole rings is 1. The number of hydrogen-bond donors (Lipinski definition) is 3. The Labute approximate surface area is 181 Å². The van der Waals surface area contributed by atoms with Crippen LogP contribution >= 0.6 is 11.6 Å². The van der Waals surface area contributed by atoms with E-state index in [1.54, 1.807) is 38.1 Å². The second-order valence-corrected chi connectivity index (χ2v) is 7.18. The van der Waals surface area contributed by atoms with Crippen LogP contribution in [0.2, 0.25) is 5.02 Å². The van der Waals surface area contributed by atoms with Crippen molar-refractivity contribution in [3.63, 3.8) is 0 Å². The van der Waals surface area contributed by atoms with Gasteiger partial charge in [-0.25, -0.2) is 9.37 Å². The molecule has 0 spiro atoms. The molecular formula is C21H18ClFN4O4. The highest BCUT2D eigenvalue weighted by Crippen LogP contribution is 2.20. The largest absolute Gasteiger partial charge is 0.437 e. The van der Waals surface area contributed by atoms with Gasteiger partial charge in [0, 0.05) is 17.4 Å². The maximum atomic E-state index is 13.1. The molecule has 0 unspecified atom stereocenters. The number of anilines is 2. The molecule has 0 saturated heterocycles. The molecule has 0 radical (unpaired) electrons. The fraction of sp³-hybridized carbons (Fsp3) is 0.143. The van der Waals surface area contributed by atoms with Gasteiger partial charge >= 0.3 is 0 Å². The van der Waals surface area contributed by atoms with Crippen LogP contribution in [-0.2, 0) is 0 Å². The number of benzene rings is 2. The van der Waals surface area contributed by atoms with E-state index in [9.17, 15) is 18.8 Å². The molecule has 0 aliphatic rings. The van der Waals surface area contributed by atoms with Crippen molar-refractivity contribution in [1.82, 2.24) is 10.3 Å². The predicted octanol–water partition coefficient (Wildman–Crippen LogP) is 4.11. The molecule has 10 heteroatoms. The Hall–Kier alpha value is -3.72. The number of rotatable bonds is 6. The summed E-state index contributed by atoms with van der Waals surface area (Å²) in [5.74, 6) is -2.45. The maximum absolute atomic E-state index is 13.1. The fourth-order valence-electron chi connectivity index (χ4n) is 2.60. The fourth-order valence-corrected chi connectivity index (χ4v) is 2.85. The van der Waals surface area contributed by atoms with E-state index >= 15 is 0 Å². The molecule has 2 aromatic carbocycles. The zero-order valence-electron chi connectivity index (χ0n) is 16.5. The Kier molecular flexibility index (Phi) is 6.66. The van der Waals surface area contributed by atoms with Crippen LogP contribution in [0.25, 0.3) is 0 Å². The smallest absolute Gasteiger partial charge is 0.293 e. The zero-order valence-corrected chi connectivity index (χ0v) is 17.3. The van der Waals surface area contributed by atoms with Crippen molar-refractivity contribution in [3.8, 4) is 0 Å². The van der Waals surface area contributed by atoms with Gasteiger partial charge in [-0.2, -0.15) is 0 Å². The lowest BCUT2D eigenvalue weighted by atomic mass is 10.2. The van der Waals surface area contributed by atoms with E-state index in [4.69, 9.17) is 16.0 Å². The van der Waals surface area contributed by atoms with Crippen LogP contribution in [0.15, 0.2) is 53.3 Å². The number of carbonyl (C=O) groups is 3. The standard InChI is InChI=1S/C21H18ClFN4O4/c1-11(2)25-20(29)17-18(31-10-24-17)21(30)27-14-6-4-13(5-7-14)26-19(28)15-8-3-12(23)9-16(15)22/h3-11H,1-2H3,(H,25,29)(H,26,28)(H,27,30). The summed E-state index contributed by atoms with van der Waals surface area (Å²) < 4.78 is 18.2. The molecule has 0 aliphatic heterocycles. The van der Waals surface area contributed by atoms with Gasteiger partial charge < -0.3 is 20.4 Å². The lowest BCUT2D eigenvalue weighted by molar-refractivity contribution is 0.0919. The summed E-state index contributed by atoms with van der Waals surface area (Å²) in [4.78, 5) is 40.7. The normalized spacial score (nSPS) is 10.6. The molecule has 0 saturated carbocycles. The average molecular weight is 445 g/mol. The van der Waals surface area contributed by atoms with Crippen LogP contribution in [0.4, 0.5) is 15.8 Å². The molecule has 3 amide bonds. The van der Waals surface area contributed by atoms with Gasteiger partial charge in [-0.05, 0) is 56.3 Å². The second kappa shape index (κ2) is 9.40. The SMILES string of the molecule is CC(C)NC(=O)c1ncoc1C(=O)Nc1ccc(NC(=O)c2ccc(F)cc2Cl)cc1. The van der Waals surface area contributed by atoms with Crippen LogP contribution < -0.4 is 16.0 Å². The third-order valence-corrected chi connectivity index (χ3v) is 4.30. The number of nitrogens with zero attached hydrogens (tertiary/aromatic N) is 1. The first-order chi connectivity index (χ1) is 14.7. The van der Waals surface area contributed by atoms with Crippen LogP contribution in [-0.4, -0.2) is 28.7 Å². The number of aromatic nitrogens is 1. The van der Waals surface area contributed by atoms with Crippen molar-refractivity contribution in [3.05, 3.63) is 76.7 Å². The zero-order chi connectivity index (χ0) is 22.5. The van der Waals surface area contributed by atoms with Gasteiger partial charge in [-0.3, -0.25) is 14.4 Å². The van der Waals surface area contributed by atoms with Gasteiger partial charge in [0.2, 0.25) is 5.76 Å². The Morgan fingerprint density at radius 3 is 2.16 bits per heavy atom. The Morgan fingerprint density at radius 2 is 1.58 bits per heavy atom. The van der Waals surface area contributed by atoms with Gasteiger partial charge in [0.1, 0.15) is 5.82 Å². The summed E-state index contributed by atoms with van der Waals surface area (Å²) in [5, 5.41) is 7.85. The van der Waals surface area contributed by atoms with Crippen LogP contribution in [0, 0.1) is 5.82 Å². The van der Waals surface area contributed by atoms with Gasteiger partial charge in [-0.15, -0.1) is 0 Å². The lowest BCUT2D eigenvalue weighted by Crippen LogP contribution is -2.31. The van der Waals surface area contributed by atoms with Crippen molar-refractivity contribution < 1.29 is 23.2 Å². The van der Waals surface area contributed by atoms with E-state index in [0.29, 0.717) is 11.4 Å². The number of hydrogen-bond acceptors (Lipinski definition) is 5. The molecule has 1 aromatic heterocycles. The molecule has 0 bridgehead atoms. The first-order valence-corrected chi connectivity index (χ1v) is 9.54. The molecule has 3 aromatic rings. The van der Waals surface area contributed by atoms with Crippen molar-refractivity contribution in [2.45, 2.75) is 19.9 Å². The highest BCUT2D eigenvalue weighted by Gasteiger charge is 2.23. The highest BCUT2D eigenvalue weighted by atomic mass is 35.5. The maximum Gasteiger partial charge on any atom is 0.293 e. The molecule has 31 heavy (non-hydrogen) atoms. The van der Waals surface area contributed by atoms with E-state index in [-0.39, 0.29) is 28.1 Å². The van der Waals surface area contributed by atoms with Crippen molar-refractivity contribution in [2.24, 2.45) is 0 Å². The molecule has 8 nitrogen and oxygen atoms in total. The summed E-state index contributed by atoms with van der Waals surface area (Å²) in [7, 11) is 0. The minimum absolute atomic E-state index is 0.00857. The molecular weight excluding hydrogens is 427 g/mol. The van der Waals surface area contributed by atoms with Crippen molar-refractivity contribution in [1.29, 1.82) is 0 Å². The first kappa shape index (κ1) is 22.0. The molecule has 3 rings (SSSR count). The lowest BCUT2D eigenvalue weighted by Gasteiger charge is -2.09. The summed E-state index contributed by atoms with van der Waals surface area (Å²) in [6.07, 6.45) is 1.02. The summed E-state index contributed by atoms with van der Waals surface area (Å²) in [6, 6.07) is 9.54. The monoisotopic (exact) mass is 444 g/mol. The van der Waals surface area contributed by atoms with Gasteiger partial charge in [0.25, 0.3) is 17.7 Å². The summed E-state index contributed by atoms with van der Waals surface area (Å²) >= 11 is 5.89. The van der Waals surface area contributed by atoms with E-state index in [1.165, 1.54) is 6.07 Å². The van der Waals surface area contributed by atoms with Gasteiger partial charge in [-0.1, -0.05) is 11.6 Å². The van der Waals surface area contributed by atoms with E-state index < -0.39 is 23.5 Å². The minimum Gasteiger partial charge on any atom is -0.437 e. The van der Waals surface area contributed by atoms with E-state index in [2.05, 4.69) is 20.9 Å². The molecule has 160 valence electrons. The first-order valence-electron chi connectivity index (χ1n) is 9.16. The van der Waals surface area contributed by atoms with E-state index in [0.717, 1.165) is 18.5 Å². The third-order valence-electron chi connectivity index (χ3n) is 3.98. The quantitative estimate of drug-likeness (QED) is 0.529. The highest BCUT2D eigenvalue weighted by molar-refractivity contribution is 6.34. The molecule has 0 atom stereocenters. The topological polar surface area (TPSA) is 113 Å². The molecule has 0 fully saturated rings. The summed E-state index contributed by atoms with van der Waals surface area (Å²) in [6.45, 7) is 3.56. The Bertz CT molecular complexity index is 1130. The molecule has 0 aliphatic carbocycles. The number of carbonyl (C=O) groups excluding carboxylic acids is 3. The second-order valence-electron chi connectivity index (χ2n) is 6.77. The predicted molar refractivity (Wildman–Crippen MR) is 113 cm³/mol. The van der Waals surface area contributed by atoms with E-state index in [1.807, 2.05) is 0 Å². The molecule has 1 heterocycles. The van der Waals surface area contributed by atoms with Crippen LogP contribution in [0.5, 0.6) is 0 Å². The number of amides is 3. The third kappa shape index (κ3) is 5.46. The van der Waals surface area contributed by atoms with Gasteiger partial charge in [0.05, 0.1) is 10.6 Å². The Balaban J connectivity index is 1.66. The van der Waals surface area contributed by atoms with Crippen LogP contribution in [0.1, 0.15) is 45.2 Å². The average Bonchev–Trinajstić information content (AvgIpc) is 3.19.